The van der Waals surface area contributed by atoms with Gasteiger partial charge in [0.1, 0.15) is 0 Å². The number of rotatable bonds is 5. The van der Waals surface area contributed by atoms with Crippen LogP contribution in [0.3, 0.4) is 0 Å². The Kier molecular flexibility index (Phi) is 4.47. The first-order chi connectivity index (χ1) is 7.70. The van der Waals surface area contributed by atoms with Crippen molar-refractivity contribution in [1.82, 2.24) is 5.43 Å². The summed E-state index contributed by atoms with van der Waals surface area (Å²) in [6.45, 7) is 0. The highest BCUT2D eigenvalue weighted by molar-refractivity contribution is 14.1. The van der Waals surface area contributed by atoms with Crippen LogP contribution in [0.1, 0.15) is 37.3 Å². The van der Waals surface area contributed by atoms with Crippen LogP contribution in [0.2, 0.25) is 5.02 Å². The Morgan fingerprint density at radius 2 is 2.25 bits per heavy atom. The fourth-order valence-electron chi connectivity index (χ4n) is 1.92. The third-order valence-electron chi connectivity index (χ3n) is 3.10. The summed E-state index contributed by atoms with van der Waals surface area (Å²) in [4.78, 5) is 0. The summed E-state index contributed by atoms with van der Waals surface area (Å²) in [5.41, 5.74) is 4.12. The summed E-state index contributed by atoms with van der Waals surface area (Å²) in [5, 5.41) is 0.780. The zero-order valence-corrected chi connectivity index (χ0v) is 12.0. The zero-order valence-electron chi connectivity index (χ0n) is 9.05. The minimum absolute atomic E-state index is 0.228. The minimum Gasteiger partial charge on any atom is -0.271 e. The van der Waals surface area contributed by atoms with Crippen LogP contribution in [0, 0.1) is 9.49 Å². The molecule has 1 atom stereocenters. The van der Waals surface area contributed by atoms with Crippen LogP contribution in [0.4, 0.5) is 0 Å². The van der Waals surface area contributed by atoms with Crippen LogP contribution in [0.15, 0.2) is 18.2 Å². The summed E-state index contributed by atoms with van der Waals surface area (Å²) >= 11 is 8.36. The molecule has 3 N–H and O–H groups in total. The third kappa shape index (κ3) is 3.32. The van der Waals surface area contributed by atoms with Gasteiger partial charge in [-0.15, -0.1) is 0 Å². The lowest BCUT2D eigenvalue weighted by molar-refractivity contribution is 0.480. The first kappa shape index (κ1) is 12.6. The molecular formula is C12H16ClIN2. The Bertz CT molecular complexity index is 366. The number of nitrogens with one attached hydrogen (secondary N) is 1. The van der Waals surface area contributed by atoms with Crippen molar-refractivity contribution < 1.29 is 0 Å². The van der Waals surface area contributed by atoms with Gasteiger partial charge in [-0.2, -0.15) is 0 Å². The lowest BCUT2D eigenvalue weighted by atomic mass is 10.0. The van der Waals surface area contributed by atoms with E-state index in [0.717, 1.165) is 17.4 Å². The molecule has 1 aromatic carbocycles. The summed E-state index contributed by atoms with van der Waals surface area (Å²) in [7, 11) is 0. The van der Waals surface area contributed by atoms with Gasteiger partial charge in [0.15, 0.2) is 0 Å². The molecule has 0 saturated heterocycles. The molecule has 1 aliphatic rings. The van der Waals surface area contributed by atoms with Gasteiger partial charge in [-0.05, 0) is 65.1 Å². The monoisotopic (exact) mass is 350 g/mol. The lowest BCUT2D eigenvalue weighted by Crippen LogP contribution is -2.28. The van der Waals surface area contributed by atoms with Crippen molar-refractivity contribution in [1.29, 1.82) is 0 Å². The lowest BCUT2D eigenvalue weighted by Gasteiger charge is -2.18. The topological polar surface area (TPSA) is 38.0 Å². The molecule has 16 heavy (non-hydrogen) atoms. The molecule has 1 aliphatic carbocycles. The minimum atomic E-state index is 0.228. The van der Waals surface area contributed by atoms with Gasteiger partial charge >= 0.3 is 0 Å². The SMILES string of the molecule is NNC(CCC1CC1)c1cc(Cl)ccc1I. The van der Waals surface area contributed by atoms with Crippen LogP contribution < -0.4 is 11.3 Å². The molecule has 0 aromatic heterocycles. The highest BCUT2D eigenvalue weighted by atomic mass is 127. The number of benzene rings is 1. The van der Waals surface area contributed by atoms with Gasteiger partial charge in [-0.25, -0.2) is 0 Å². The van der Waals surface area contributed by atoms with Gasteiger partial charge in [0.2, 0.25) is 0 Å². The van der Waals surface area contributed by atoms with Gasteiger partial charge in [-0.1, -0.05) is 24.4 Å². The molecule has 2 rings (SSSR count). The van der Waals surface area contributed by atoms with Crippen molar-refractivity contribution in [3.8, 4) is 0 Å². The second-order valence-corrected chi connectivity index (χ2v) is 6.00. The molecule has 1 saturated carbocycles. The molecule has 0 heterocycles. The van der Waals surface area contributed by atoms with Gasteiger partial charge < -0.3 is 0 Å². The molecule has 1 unspecified atom stereocenters. The summed E-state index contributed by atoms with van der Waals surface area (Å²) < 4.78 is 1.22. The van der Waals surface area contributed by atoms with Crippen molar-refractivity contribution in [2.75, 3.05) is 0 Å². The van der Waals surface area contributed by atoms with Crippen LogP contribution in [-0.4, -0.2) is 0 Å². The maximum absolute atomic E-state index is 6.02. The summed E-state index contributed by atoms with van der Waals surface area (Å²) in [5.74, 6) is 6.57. The van der Waals surface area contributed by atoms with Crippen LogP contribution in [0.25, 0.3) is 0 Å². The Morgan fingerprint density at radius 1 is 1.50 bits per heavy atom. The maximum atomic E-state index is 6.02. The zero-order chi connectivity index (χ0) is 11.5. The number of hydrazine groups is 1. The van der Waals surface area contributed by atoms with E-state index in [4.69, 9.17) is 17.4 Å². The first-order valence-electron chi connectivity index (χ1n) is 5.62. The number of hydrogen-bond donors (Lipinski definition) is 2. The fraction of sp³-hybridized carbons (Fsp3) is 0.500. The molecule has 0 amide bonds. The second-order valence-electron chi connectivity index (χ2n) is 4.41. The Hall–Kier alpha value is 0.160. The van der Waals surface area contributed by atoms with Gasteiger partial charge in [0, 0.05) is 14.6 Å². The molecule has 0 aliphatic heterocycles. The van der Waals surface area contributed by atoms with E-state index in [2.05, 4.69) is 28.0 Å². The number of hydrogen-bond acceptors (Lipinski definition) is 2. The van der Waals surface area contributed by atoms with E-state index >= 15 is 0 Å². The van der Waals surface area contributed by atoms with E-state index in [-0.39, 0.29) is 6.04 Å². The highest BCUT2D eigenvalue weighted by Crippen LogP contribution is 2.36. The Balaban J connectivity index is 2.07. The van der Waals surface area contributed by atoms with Crippen molar-refractivity contribution in [2.45, 2.75) is 31.7 Å². The van der Waals surface area contributed by atoms with Crippen molar-refractivity contribution in [3.05, 3.63) is 32.4 Å². The van der Waals surface area contributed by atoms with Crippen LogP contribution in [0.5, 0.6) is 0 Å². The van der Waals surface area contributed by atoms with Crippen LogP contribution >= 0.6 is 34.2 Å². The quantitative estimate of drug-likeness (QED) is 0.483. The normalized spacial score (nSPS) is 17.4. The molecule has 0 spiro atoms. The average Bonchev–Trinajstić information content (AvgIpc) is 3.07. The Labute approximate surface area is 115 Å². The van der Waals surface area contributed by atoms with Crippen molar-refractivity contribution >= 4 is 34.2 Å². The molecule has 1 aromatic rings. The third-order valence-corrected chi connectivity index (χ3v) is 4.31. The average molecular weight is 351 g/mol. The standard InChI is InChI=1S/C12H16ClIN2/c13-9-4-5-11(14)10(7-9)12(16-15)6-3-8-1-2-8/h4-5,7-8,12,16H,1-3,6,15H2. The maximum Gasteiger partial charge on any atom is 0.0471 e. The van der Waals surface area contributed by atoms with E-state index < -0.39 is 0 Å². The molecule has 1 fully saturated rings. The summed E-state index contributed by atoms with van der Waals surface area (Å²) in [6.07, 6.45) is 5.14. The largest absolute Gasteiger partial charge is 0.271 e. The fourth-order valence-corrected chi connectivity index (χ4v) is 2.81. The number of nitrogens with two attached hydrogens (primary N) is 1. The molecule has 0 bridgehead atoms. The van der Waals surface area contributed by atoms with Crippen molar-refractivity contribution in [3.63, 3.8) is 0 Å². The van der Waals surface area contributed by atoms with Gasteiger partial charge in [0.25, 0.3) is 0 Å². The summed E-state index contributed by atoms with van der Waals surface area (Å²) in [6, 6.07) is 6.20. The van der Waals surface area contributed by atoms with E-state index in [0.29, 0.717) is 0 Å². The van der Waals surface area contributed by atoms with E-state index in [1.165, 1.54) is 28.4 Å². The van der Waals surface area contributed by atoms with Crippen LogP contribution in [-0.2, 0) is 0 Å². The van der Waals surface area contributed by atoms with Gasteiger partial charge in [-0.3, -0.25) is 11.3 Å². The van der Waals surface area contributed by atoms with E-state index in [1.807, 2.05) is 18.2 Å². The first-order valence-corrected chi connectivity index (χ1v) is 7.07. The molecule has 2 nitrogen and oxygen atoms in total. The molecule has 0 radical (unpaired) electrons. The van der Waals surface area contributed by atoms with Gasteiger partial charge in [0.05, 0.1) is 0 Å². The predicted octanol–water partition coefficient (Wildman–Crippen LogP) is 3.64. The van der Waals surface area contributed by atoms with Crippen molar-refractivity contribution in [2.24, 2.45) is 11.8 Å². The molecule has 4 heteroatoms. The van der Waals surface area contributed by atoms with E-state index in [9.17, 15) is 0 Å². The Morgan fingerprint density at radius 3 is 2.88 bits per heavy atom. The molecular weight excluding hydrogens is 335 g/mol. The second kappa shape index (κ2) is 5.67. The van der Waals surface area contributed by atoms with E-state index in [1.54, 1.807) is 0 Å². The smallest absolute Gasteiger partial charge is 0.0471 e. The number of halogens is 2. The predicted molar refractivity (Wildman–Crippen MR) is 76.2 cm³/mol. The highest BCUT2D eigenvalue weighted by Gasteiger charge is 2.23. The molecule has 88 valence electrons.